The molecule has 2 aromatic rings. The van der Waals surface area contributed by atoms with Gasteiger partial charge in [0.15, 0.2) is 0 Å². The van der Waals surface area contributed by atoms with E-state index in [-0.39, 0.29) is 0 Å². The molecule has 0 saturated carbocycles. The fourth-order valence-electron chi connectivity index (χ4n) is 1.19. The van der Waals surface area contributed by atoms with Crippen LogP contribution in [0, 0.1) is 0 Å². The largest absolute Gasteiger partial charge is 0.379 e. The lowest BCUT2D eigenvalue weighted by atomic mass is 10.3. The molecule has 0 spiro atoms. The highest BCUT2D eigenvalue weighted by atomic mass is 32.1. The number of aromatic nitrogens is 2. The van der Waals surface area contributed by atoms with Crippen LogP contribution in [0.15, 0.2) is 29.2 Å². The molecule has 2 rings (SSSR count). The second-order valence-electron chi connectivity index (χ2n) is 3.01. The van der Waals surface area contributed by atoms with Crippen molar-refractivity contribution >= 4 is 22.8 Å². The average Bonchev–Trinajstić information content (AvgIpc) is 2.79. The molecule has 2 heterocycles. The number of hydrogen-bond acceptors (Lipinski definition) is 5. The van der Waals surface area contributed by atoms with Crippen molar-refractivity contribution in [3.05, 3.63) is 34.9 Å². The summed E-state index contributed by atoms with van der Waals surface area (Å²) in [5.41, 5.74) is 3.94. The summed E-state index contributed by atoms with van der Waals surface area (Å²) in [7, 11) is 1.85. The van der Waals surface area contributed by atoms with Crippen LogP contribution in [0.4, 0.5) is 11.5 Å². The third-order valence-corrected chi connectivity index (χ3v) is 2.61. The number of pyridine rings is 1. The Morgan fingerprint density at radius 2 is 2.33 bits per heavy atom. The molecule has 2 aromatic heterocycles. The maximum atomic E-state index is 4.20. The highest BCUT2D eigenvalue weighted by molar-refractivity contribution is 7.07. The molecular weight excluding hydrogens is 208 g/mol. The molecule has 0 atom stereocenters. The normalized spacial score (nSPS) is 9.93. The SMILES string of the molecule is CNc1cc(NCc2cscn2)ccn1. The highest BCUT2D eigenvalue weighted by Gasteiger charge is 1.96. The van der Waals surface area contributed by atoms with Gasteiger partial charge in [0, 0.05) is 30.4 Å². The molecule has 78 valence electrons. The van der Waals surface area contributed by atoms with Gasteiger partial charge < -0.3 is 10.6 Å². The van der Waals surface area contributed by atoms with Crippen molar-refractivity contribution in [1.29, 1.82) is 0 Å². The second-order valence-corrected chi connectivity index (χ2v) is 3.73. The molecular formula is C10H12N4S. The summed E-state index contributed by atoms with van der Waals surface area (Å²) < 4.78 is 0. The van der Waals surface area contributed by atoms with Gasteiger partial charge in [0.25, 0.3) is 0 Å². The number of nitrogens with zero attached hydrogens (tertiary/aromatic N) is 2. The van der Waals surface area contributed by atoms with Crippen LogP contribution >= 0.6 is 11.3 Å². The fraction of sp³-hybridized carbons (Fsp3) is 0.200. The van der Waals surface area contributed by atoms with E-state index < -0.39 is 0 Å². The third-order valence-electron chi connectivity index (χ3n) is 1.97. The van der Waals surface area contributed by atoms with Crippen LogP contribution in [0.3, 0.4) is 0 Å². The Morgan fingerprint density at radius 1 is 1.40 bits per heavy atom. The third kappa shape index (κ3) is 2.66. The molecule has 0 fully saturated rings. The maximum Gasteiger partial charge on any atom is 0.127 e. The van der Waals surface area contributed by atoms with Crippen molar-refractivity contribution in [2.45, 2.75) is 6.54 Å². The lowest BCUT2D eigenvalue weighted by Crippen LogP contribution is -2.00. The van der Waals surface area contributed by atoms with Crippen LogP contribution in [0.5, 0.6) is 0 Å². The Hall–Kier alpha value is -1.62. The van der Waals surface area contributed by atoms with Gasteiger partial charge in [0.2, 0.25) is 0 Å². The number of rotatable bonds is 4. The average molecular weight is 220 g/mol. The summed E-state index contributed by atoms with van der Waals surface area (Å²) in [4.78, 5) is 8.34. The summed E-state index contributed by atoms with van der Waals surface area (Å²) in [5, 5.41) is 8.32. The quantitative estimate of drug-likeness (QED) is 0.829. The van der Waals surface area contributed by atoms with Crippen LogP contribution in [-0.2, 0) is 6.54 Å². The van der Waals surface area contributed by atoms with E-state index >= 15 is 0 Å². The molecule has 0 bridgehead atoms. The van der Waals surface area contributed by atoms with E-state index in [9.17, 15) is 0 Å². The smallest absolute Gasteiger partial charge is 0.127 e. The zero-order valence-corrected chi connectivity index (χ0v) is 9.21. The van der Waals surface area contributed by atoms with Crippen molar-refractivity contribution < 1.29 is 0 Å². The molecule has 0 aromatic carbocycles. The summed E-state index contributed by atoms with van der Waals surface area (Å²) in [6.07, 6.45) is 1.77. The van der Waals surface area contributed by atoms with Gasteiger partial charge in [-0.3, -0.25) is 0 Å². The Bertz CT molecular complexity index is 413. The minimum atomic E-state index is 0.747. The molecule has 0 aliphatic carbocycles. The monoisotopic (exact) mass is 220 g/mol. The molecule has 0 radical (unpaired) electrons. The van der Waals surface area contributed by atoms with Gasteiger partial charge in [-0.05, 0) is 6.07 Å². The van der Waals surface area contributed by atoms with Gasteiger partial charge in [-0.25, -0.2) is 9.97 Å². The Morgan fingerprint density at radius 3 is 3.07 bits per heavy atom. The van der Waals surface area contributed by atoms with E-state index in [0.29, 0.717) is 0 Å². The minimum absolute atomic E-state index is 0.747. The van der Waals surface area contributed by atoms with Gasteiger partial charge in [-0.1, -0.05) is 0 Å². The predicted octanol–water partition coefficient (Wildman–Crippen LogP) is 2.19. The topological polar surface area (TPSA) is 49.8 Å². The Labute approximate surface area is 92.4 Å². The minimum Gasteiger partial charge on any atom is -0.379 e. The molecule has 0 amide bonds. The van der Waals surface area contributed by atoms with Crippen LogP contribution in [0.1, 0.15) is 5.69 Å². The van der Waals surface area contributed by atoms with Gasteiger partial charge in [-0.2, -0.15) is 0 Å². The van der Waals surface area contributed by atoms with Gasteiger partial charge in [-0.15, -0.1) is 11.3 Å². The Kier molecular flexibility index (Phi) is 3.14. The van der Waals surface area contributed by atoms with Gasteiger partial charge in [0.1, 0.15) is 5.82 Å². The van der Waals surface area contributed by atoms with Crippen molar-refractivity contribution in [1.82, 2.24) is 9.97 Å². The first-order valence-electron chi connectivity index (χ1n) is 4.63. The summed E-state index contributed by atoms with van der Waals surface area (Å²) >= 11 is 1.61. The standard InChI is InChI=1S/C10H12N4S/c1-11-10-4-8(2-3-12-10)13-5-9-6-15-7-14-9/h2-4,6-7H,5H2,1H3,(H2,11,12,13). The van der Waals surface area contributed by atoms with Crippen LogP contribution in [0.25, 0.3) is 0 Å². The van der Waals surface area contributed by atoms with Crippen molar-refractivity contribution in [3.63, 3.8) is 0 Å². The molecule has 15 heavy (non-hydrogen) atoms. The van der Waals surface area contributed by atoms with E-state index in [4.69, 9.17) is 0 Å². The number of hydrogen-bond donors (Lipinski definition) is 2. The zero-order valence-electron chi connectivity index (χ0n) is 8.40. The summed E-state index contributed by atoms with van der Waals surface area (Å²) in [6.45, 7) is 0.747. The molecule has 0 saturated heterocycles. The first-order chi connectivity index (χ1) is 7.38. The van der Waals surface area contributed by atoms with E-state index in [1.165, 1.54) is 0 Å². The van der Waals surface area contributed by atoms with Crippen molar-refractivity contribution in [2.24, 2.45) is 0 Å². The molecule has 0 aliphatic rings. The van der Waals surface area contributed by atoms with E-state index in [2.05, 4.69) is 20.6 Å². The van der Waals surface area contributed by atoms with Crippen LogP contribution < -0.4 is 10.6 Å². The molecule has 2 N–H and O–H groups in total. The van der Waals surface area contributed by atoms with E-state index in [1.54, 1.807) is 17.5 Å². The van der Waals surface area contributed by atoms with Crippen LogP contribution in [0.2, 0.25) is 0 Å². The summed E-state index contributed by atoms with van der Waals surface area (Å²) in [6, 6.07) is 3.90. The molecule has 0 aliphatic heterocycles. The van der Waals surface area contributed by atoms with Crippen LogP contribution in [-0.4, -0.2) is 17.0 Å². The molecule has 0 unspecified atom stereocenters. The van der Waals surface area contributed by atoms with Gasteiger partial charge in [0.05, 0.1) is 17.7 Å². The zero-order chi connectivity index (χ0) is 10.5. The van der Waals surface area contributed by atoms with E-state index in [0.717, 1.165) is 23.7 Å². The second kappa shape index (κ2) is 4.75. The molecule has 4 nitrogen and oxygen atoms in total. The van der Waals surface area contributed by atoms with Gasteiger partial charge >= 0.3 is 0 Å². The first kappa shape index (κ1) is 9.92. The Balaban J connectivity index is 1.98. The number of nitrogens with one attached hydrogen (secondary N) is 2. The van der Waals surface area contributed by atoms with E-state index in [1.807, 2.05) is 30.1 Å². The lowest BCUT2D eigenvalue weighted by Gasteiger charge is -2.05. The maximum absolute atomic E-state index is 4.20. The molecule has 5 heteroatoms. The highest BCUT2D eigenvalue weighted by Crippen LogP contribution is 2.12. The number of thiazole rings is 1. The van der Waals surface area contributed by atoms with Crippen molar-refractivity contribution in [2.75, 3.05) is 17.7 Å². The fourth-order valence-corrected chi connectivity index (χ4v) is 1.75. The predicted molar refractivity (Wildman–Crippen MR) is 63.2 cm³/mol. The number of anilines is 2. The summed E-state index contributed by atoms with van der Waals surface area (Å²) in [5.74, 6) is 0.860. The lowest BCUT2D eigenvalue weighted by molar-refractivity contribution is 1.07. The van der Waals surface area contributed by atoms with Crippen molar-refractivity contribution in [3.8, 4) is 0 Å². The first-order valence-corrected chi connectivity index (χ1v) is 5.57.